The van der Waals surface area contributed by atoms with Crippen molar-refractivity contribution in [3.05, 3.63) is 58.6 Å². The number of fused-ring (bicyclic) bond motifs is 1. The molecule has 0 unspecified atom stereocenters. The van der Waals surface area contributed by atoms with Crippen molar-refractivity contribution in [2.24, 2.45) is 0 Å². The van der Waals surface area contributed by atoms with E-state index in [0.29, 0.717) is 0 Å². The first-order valence-corrected chi connectivity index (χ1v) is 9.39. The van der Waals surface area contributed by atoms with Gasteiger partial charge in [0.1, 0.15) is 6.10 Å². The SMILES string of the molecule is Cc1ccc(S(=O)(=O)N2CCC(F)(F)[C@H](O)c3cc(Cl)ccc32)cc1. The van der Waals surface area contributed by atoms with Crippen LogP contribution in [0.2, 0.25) is 5.02 Å². The molecule has 3 rings (SSSR count). The molecule has 0 aliphatic carbocycles. The zero-order chi connectivity index (χ0) is 18.4. The highest BCUT2D eigenvalue weighted by Gasteiger charge is 2.45. The highest BCUT2D eigenvalue weighted by molar-refractivity contribution is 7.92. The third-order valence-corrected chi connectivity index (χ3v) is 6.27. The summed E-state index contributed by atoms with van der Waals surface area (Å²) < 4.78 is 55.2. The number of aliphatic hydroxyl groups excluding tert-OH is 1. The van der Waals surface area contributed by atoms with Crippen LogP contribution in [0, 0.1) is 6.92 Å². The van der Waals surface area contributed by atoms with E-state index in [-0.39, 0.29) is 21.2 Å². The van der Waals surface area contributed by atoms with Crippen molar-refractivity contribution >= 4 is 27.3 Å². The van der Waals surface area contributed by atoms with Crippen LogP contribution in [0.3, 0.4) is 0 Å². The quantitative estimate of drug-likeness (QED) is 0.849. The Hall–Kier alpha value is -1.70. The number of rotatable bonds is 2. The smallest absolute Gasteiger partial charge is 0.279 e. The summed E-state index contributed by atoms with van der Waals surface area (Å²) >= 11 is 5.86. The lowest BCUT2D eigenvalue weighted by Gasteiger charge is -2.24. The molecule has 0 aromatic heterocycles. The maximum Gasteiger partial charge on any atom is 0.279 e. The lowest BCUT2D eigenvalue weighted by Crippen LogP contribution is -2.33. The molecule has 0 amide bonds. The van der Waals surface area contributed by atoms with Crippen LogP contribution in [-0.4, -0.2) is 26.0 Å². The van der Waals surface area contributed by atoms with Crippen molar-refractivity contribution in [2.45, 2.75) is 30.3 Å². The van der Waals surface area contributed by atoms with Crippen molar-refractivity contribution in [3.8, 4) is 0 Å². The van der Waals surface area contributed by atoms with Crippen LogP contribution in [0.5, 0.6) is 0 Å². The van der Waals surface area contributed by atoms with Crippen molar-refractivity contribution in [3.63, 3.8) is 0 Å². The summed E-state index contributed by atoms with van der Waals surface area (Å²) in [5.41, 5.74) is 0.685. The average Bonchev–Trinajstić information content (AvgIpc) is 2.64. The third kappa shape index (κ3) is 3.23. The second-order valence-corrected chi connectivity index (χ2v) is 8.31. The molecule has 0 saturated heterocycles. The standard InChI is InChI=1S/C17H16ClF2NO3S/c1-11-2-5-13(6-3-11)25(23,24)21-9-8-17(19,20)16(22)14-10-12(18)4-7-15(14)21/h2-7,10,16,22H,8-9H2,1H3/t16-/m1/s1. The number of benzene rings is 2. The number of aryl methyl sites for hydroxylation is 1. The molecular weight excluding hydrogens is 372 g/mol. The summed E-state index contributed by atoms with van der Waals surface area (Å²) in [5, 5.41) is 10.2. The Balaban J connectivity index is 2.17. The predicted molar refractivity (Wildman–Crippen MR) is 91.7 cm³/mol. The Bertz CT molecular complexity index is 901. The van der Waals surface area contributed by atoms with Gasteiger partial charge in [-0.15, -0.1) is 0 Å². The Kier molecular flexibility index (Phi) is 4.51. The van der Waals surface area contributed by atoms with E-state index in [0.717, 1.165) is 9.87 Å². The molecule has 1 heterocycles. The first-order valence-electron chi connectivity index (χ1n) is 7.58. The monoisotopic (exact) mass is 387 g/mol. The molecule has 0 bridgehead atoms. The second kappa shape index (κ2) is 6.23. The van der Waals surface area contributed by atoms with Crippen LogP contribution in [0.15, 0.2) is 47.4 Å². The minimum absolute atomic E-state index is 0.00120. The highest BCUT2D eigenvalue weighted by Crippen LogP contribution is 2.44. The van der Waals surface area contributed by atoms with Gasteiger partial charge in [-0.05, 0) is 37.3 Å². The first-order chi connectivity index (χ1) is 11.6. The van der Waals surface area contributed by atoms with Crippen molar-refractivity contribution in [1.29, 1.82) is 0 Å². The number of halogens is 3. The molecule has 25 heavy (non-hydrogen) atoms. The molecule has 0 spiro atoms. The van der Waals surface area contributed by atoms with E-state index in [9.17, 15) is 22.3 Å². The summed E-state index contributed by atoms with van der Waals surface area (Å²) in [4.78, 5) is -0.00120. The molecule has 8 heteroatoms. The molecule has 0 fully saturated rings. The molecule has 1 N–H and O–H groups in total. The van der Waals surface area contributed by atoms with E-state index < -0.39 is 35.0 Å². The van der Waals surface area contributed by atoms with Gasteiger partial charge in [0.15, 0.2) is 0 Å². The van der Waals surface area contributed by atoms with Gasteiger partial charge in [0.2, 0.25) is 0 Å². The Labute approximate surface area is 149 Å². The normalized spacial score (nSPS) is 20.0. The van der Waals surface area contributed by atoms with E-state index in [4.69, 9.17) is 11.6 Å². The Morgan fingerprint density at radius 3 is 2.48 bits per heavy atom. The van der Waals surface area contributed by atoms with Crippen molar-refractivity contribution in [2.75, 3.05) is 10.8 Å². The summed E-state index contributed by atoms with van der Waals surface area (Å²) in [6.45, 7) is 1.37. The van der Waals surface area contributed by atoms with Crippen LogP contribution >= 0.6 is 11.6 Å². The van der Waals surface area contributed by atoms with Gasteiger partial charge in [0.05, 0.1) is 10.6 Å². The van der Waals surface area contributed by atoms with E-state index in [2.05, 4.69) is 0 Å². The predicted octanol–water partition coefficient (Wildman–Crippen LogP) is 3.92. The molecule has 2 aromatic rings. The summed E-state index contributed by atoms with van der Waals surface area (Å²) in [5.74, 6) is -3.46. The topological polar surface area (TPSA) is 57.6 Å². The average molecular weight is 388 g/mol. The lowest BCUT2D eigenvalue weighted by atomic mass is 10.0. The number of nitrogens with zero attached hydrogens (tertiary/aromatic N) is 1. The number of hydrogen-bond acceptors (Lipinski definition) is 3. The summed E-state index contributed by atoms with van der Waals surface area (Å²) in [7, 11) is -4.06. The third-order valence-electron chi connectivity index (χ3n) is 4.21. The highest BCUT2D eigenvalue weighted by atomic mass is 35.5. The van der Waals surface area contributed by atoms with Gasteiger partial charge < -0.3 is 5.11 Å². The van der Waals surface area contributed by atoms with E-state index in [1.165, 1.54) is 30.3 Å². The maximum absolute atomic E-state index is 14.2. The molecule has 2 aromatic carbocycles. The fourth-order valence-electron chi connectivity index (χ4n) is 2.79. The van der Waals surface area contributed by atoms with E-state index >= 15 is 0 Å². The minimum Gasteiger partial charge on any atom is -0.382 e. The molecular formula is C17H16ClF2NO3S. The fourth-order valence-corrected chi connectivity index (χ4v) is 4.47. The van der Waals surface area contributed by atoms with Gasteiger partial charge in [-0.2, -0.15) is 0 Å². The largest absolute Gasteiger partial charge is 0.382 e. The van der Waals surface area contributed by atoms with Gasteiger partial charge in [-0.1, -0.05) is 29.3 Å². The Morgan fingerprint density at radius 2 is 1.84 bits per heavy atom. The fraction of sp³-hybridized carbons (Fsp3) is 0.294. The van der Waals surface area contributed by atoms with Crippen LogP contribution < -0.4 is 4.31 Å². The molecule has 4 nitrogen and oxygen atoms in total. The van der Waals surface area contributed by atoms with Gasteiger partial charge in [-0.25, -0.2) is 17.2 Å². The van der Waals surface area contributed by atoms with Crippen LogP contribution in [0.4, 0.5) is 14.5 Å². The Morgan fingerprint density at radius 1 is 1.20 bits per heavy atom. The van der Waals surface area contributed by atoms with E-state index in [1.54, 1.807) is 12.1 Å². The summed E-state index contributed by atoms with van der Waals surface area (Å²) in [6, 6.07) is 10.1. The van der Waals surface area contributed by atoms with Crippen molar-refractivity contribution in [1.82, 2.24) is 0 Å². The summed E-state index contributed by atoms with van der Waals surface area (Å²) in [6.07, 6.45) is -2.93. The van der Waals surface area contributed by atoms with Crippen molar-refractivity contribution < 1.29 is 22.3 Å². The minimum atomic E-state index is -4.06. The number of hydrogen-bond donors (Lipinski definition) is 1. The zero-order valence-electron chi connectivity index (χ0n) is 13.3. The first kappa shape index (κ1) is 18.1. The number of aliphatic hydroxyl groups is 1. The number of anilines is 1. The molecule has 1 aliphatic heterocycles. The van der Waals surface area contributed by atoms with Gasteiger partial charge in [-0.3, -0.25) is 4.31 Å². The number of sulfonamides is 1. The van der Waals surface area contributed by atoms with Gasteiger partial charge in [0, 0.05) is 23.6 Å². The lowest BCUT2D eigenvalue weighted by molar-refractivity contribution is -0.111. The van der Waals surface area contributed by atoms with E-state index in [1.807, 2.05) is 6.92 Å². The number of alkyl halides is 2. The molecule has 134 valence electrons. The van der Waals surface area contributed by atoms with Gasteiger partial charge >= 0.3 is 0 Å². The molecule has 0 saturated carbocycles. The molecule has 1 aliphatic rings. The van der Waals surface area contributed by atoms with Crippen LogP contribution in [-0.2, 0) is 10.0 Å². The van der Waals surface area contributed by atoms with Gasteiger partial charge in [0.25, 0.3) is 15.9 Å². The second-order valence-electron chi connectivity index (χ2n) is 6.01. The zero-order valence-corrected chi connectivity index (χ0v) is 14.9. The molecule has 0 radical (unpaired) electrons. The van der Waals surface area contributed by atoms with Crippen LogP contribution in [0.1, 0.15) is 23.7 Å². The van der Waals surface area contributed by atoms with Crippen LogP contribution in [0.25, 0.3) is 0 Å². The maximum atomic E-state index is 14.2. The molecule has 1 atom stereocenters.